The second-order valence-electron chi connectivity index (χ2n) is 9.55. The number of hydrogen-bond donors (Lipinski definition) is 2. The van der Waals surface area contributed by atoms with Crippen molar-refractivity contribution in [1.29, 1.82) is 0 Å². The predicted octanol–water partition coefficient (Wildman–Crippen LogP) is 3.56. The lowest BCUT2D eigenvalue weighted by atomic mass is 9.85. The molecule has 4 rings (SSSR count). The summed E-state index contributed by atoms with van der Waals surface area (Å²) in [6.45, 7) is 3.15. The van der Waals surface area contributed by atoms with Crippen LogP contribution in [0.5, 0.6) is 0 Å². The monoisotopic (exact) mass is 537 g/mol. The summed E-state index contributed by atoms with van der Waals surface area (Å²) in [6.07, 6.45) is 1.74. The lowest BCUT2D eigenvalue weighted by Gasteiger charge is -2.39. The van der Waals surface area contributed by atoms with E-state index in [1.54, 1.807) is 24.3 Å². The molecule has 2 heterocycles. The van der Waals surface area contributed by atoms with Crippen LogP contribution in [0.3, 0.4) is 0 Å². The number of hydrogen-bond acceptors (Lipinski definition) is 6. The first-order chi connectivity index (χ1) is 17.7. The van der Waals surface area contributed by atoms with Gasteiger partial charge >= 0.3 is 0 Å². The average Bonchev–Trinajstić information content (AvgIpc) is 2.90. The van der Waals surface area contributed by atoms with Gasteiger partial charge in [-0.1, -0.05) is 36.4 Å². The first-order valence-corrected chi connectivity index (χ1v) is 13.9. The lowest BCUT2D eigenvalue weighted by molar-refractivity contribution is -0.141. The molecule has 0 amide bonds. The van der Waals surface area contributed by atoms with Crippen LogP contribution in [0.25, 0.3) is 0 Å². The van der Waals surface area contributed by atoms with Crippen molar-refractivity contribution >= 4 is 10.0 Å². The molecule has 7 nitrogen and oxygen atoms in total. The Hall–Kier alpha value is -2.21. The van der Waals surface area contributed by atoms with Crippen molar-refractivity contribution in [3.63, 3.8) is 0 Å². The van der Waals surface area contributed by atoms with Gasteiger partial charge in [-0.15, -0.1) is 6.58 Å². The molecule has 2 aliphatic heterocycles. The van der Waals surface area contributed by atoms with Crippen LogP contribution in [-0.2, 0) is 31.6 Å². The van der Waals surface area contributed by atoms with Crippen molar-refractivity contribution in [1.82, 2.24) is 4.31 Å². The molecule has 0 aromatic heterocycles. The first-order valence-electron chi connectivity index (χ1n) is 12.4. The number of aliphatic hydroxyl groups excluding tert-OH is 2. The summed E-state index contributed by atoms with van der Waals surface area (Å²) in [5.74, 6) is -1.49. The molecule has 2 fully saturated rings. The van der Waals surface area contributed by atoms with Crippen LogP contribution in [0.2, 0.25) is 0 Å². The highest BCUT2D eigenvalue weighted by Gasteiger charge is 2.42. The van der Waals surface area contributed by atoms with E-state index in [2.05, 4.69) is 6.58 Å². The Morgan fingerprint density at radius 3 is 2.51 bits per heavy atom. The highest BCUT2D eigenvalue weighted by molar-refractivity contribution is 7.89. The fourth-order valence-corrected chi connectivity index (χ4v) is 7.29. The van der Waals surface area contributed by atoms with Crippen molar-refractivity contribution in [2.45, 2.75) is 55.2 Å². The fraction of sp³-hybridized carbons (Fsp3) is 0.481. The number of benzene rings is 2. The Morgan fingerprint density at radius 1 is 1.16 bits per heavy atom. The zero-order valence-corrected chi connectivity index (χ0v) is 21.4. The van der Waals surface area contributed by atoms with Crippen LogP contribution in [0, 0.1) is 11.6 Å². The minimum Gasteiger partial charge on any atom is -0.394 e. The Labute approximate surface area is 216 Å². The van der Waals surface area contributed by atoms with Gasteiger partial charge in [0.1, 0.15) is 28.6 Å². The molecule has 0 bridgehead atoms. The molecule has 2 saturated heterocycles. The second kappa shape index (κ2) is 11.7. The molecule has 0 aliphatic carbocycles. The number of sulfonamides is 1. The summed E-state index contributed by atoms with van der Waals surface area (Å²) in [5.41, 5.74) is -0.702. The minimum atomic E-state index is -3.89. The molecule has 2 aromatic rings. The number of nitrogens with zero attached hydrogens (tertiary/aromatic N) is 1. The number of ether oxygens (including phenoxy) is 2. The van der Waals surface area contributed by atoms with E-state index in [1.165, 1.54) is 10.4 Å². The Morgan fingerprint density at radius 2 is 1.86 bits per heavy atom. The van der Waals surface area contributed by atoms with Crippen LogP contribution in [0.4, 0.5) is 8.78 Å². The van der Waals surface area contributed by atoms with E-state index in [4.69, 9.17) is 14.6 Å². The molecule has 2 aromatic carbocycles. The van der Waals surface area contributed by atoms with Gasteiger partial charge in [0.2, 0.25) is 10.0 Å². The van der Waals surface area contributed by atoms with Gasteiger partial charge < -0.3 is 19.7 Å². The minimum absolute atomic E-state index is 0.0221. The van der Waals surface area contributed by atoms with E-state index in [0.717, 1.165) is 12.1 Å². The molecule has 0 spiro atoms. The highest BCUT2D eigenvalue weighted by atomic mass is 32.2. The third-order valence-corrected chi connectivity index (χ3v) is 9.52. The Balaban J connectivity index is 1.65. The zero-order valence-electron chi connectivity index (χ0n) is 20.6. The summed E-state index contributed by atoms with van der Waals surface area (Å²) in [7, 11) is -3.89. The molecule has 0 saturated carbocycles. The van der Waals surface area contributed by atoms with Gasteiger partial charge in [-0.25, -0.2) is 17.2 Å². The van der Waals surface area contributed by atoms with E-state index >= 15 is 8.78 Å². The predicted molar refractivity (Wildman–Crippen MR) is 134 cm³/mol. The van der Waals surface area contributed by atoms with Gasteiger partial charge in [-0.3, -0.25) is 0 Å². The second-order valence-corrected chi connectivity index (χ2v) is 11.6. The summed E-state index contributed by atoms with van der Waals surface area (Å²) < 4.78 is 70.7. The number of halogens is 2. The summed E-state index contributed by atoms with van der Waals surface area (Å²) in [5, 5.41) is 18.1. The van der Waals surface area contributed by atoms with Crippen LogP contribution < -0.4 is 0 Å². The van der Waals surface area contributed by atoms with E-state index < -0.39 is 51.3 Å². The smallest absolute Gasteiger partial charge is 0.222 e. The number of rotatable bonds is 9. The van der Waals surface area contributed by atoms with Gasteiger partial charge in [0, 0.05) is 49.8 Å². The van der Waals surface area contributed by atoms with Crippen molar-refractivity contribution in [2.75, 3.05) is 26.4 Å². The standard InChI is InChI=1S/C27H33F2NO6S/c1-2-21-8-9-26(19-6-4-3-5-7-19)37(33,34)30(21)16-20-14-25(29)23(15-24(20)28)27(10-12-35-13-11-27)36-18-22(32)17-31/h2-7,14-15,21-22,26,31-32H,1,8-13,16-18H2/t21-,22?,26+/m0/s1. The molecular weight excluding hydrogens is 504 g/mol. The van der Waals surface area contributed by atoms with Gasteiger partial charge in [0.15, 0.2) is 0 Å². The maximum atomic E-state index is 15.5. The lowest BCUT2D eigenvalue weighted by Crippen LogP contribution is -2.45. The summed E-state index contributed by atoms with van der Waals surface area (Å²) >= 11 is 0. The third-order valence-electron chi connectivity index (χ3n) is 7.24. The molecule has 0 radical (unpaired) electrons. The molecular formula is C27H33F2NO6S. The van der Waals surface area contributed by atoms with E-state index in [1.807, 2.05) is 6.07 Å². The van der Waals surface area contributed by atoms with Gasteiger partial charge in [0.25, 0.3) is 0 Å². The molecule has 37 heavy (non-hydrogen) atoms. The van der Waals surface area contributed by atoms with Crippen LogP contribution in [0.15, 0.2) is 55.1 Å². The normalized spacial score (nSPS) is 24.4. The van der Waals surface area contributed by atoms with Crippen molar-refractivity contribution in [2.24, 2.45) is 0 Å². The zero-order chi connectivity index (χ0) is 26.6. The summed E-state index contributed by atoms with van der Waals surface area (Å²) in [4.78, 5) is 0. The largest absolute Gasteiger partial charge is 0.394 e. The van der Waals surface area contributed by atoms with Crippen LogP contribution in [-0.4, -0.2) is 61.5 Å². The molecule has 2 aliphatic rings. The SMILES string of the molecule is C=C[C@H]1CC[C@H](c2ccccc2)S(=O)(=O)N1Cc1cc(F)c(C2(OCC(O)CO)CCOCC2)cc1F. The van der Waals surface area contributed by atoms with Crippen LogP contribution in [0.1, 0.15) is 47.6 Å². The highest BCUT2D eigenvalue weighted by Crippen LogP contribution is 2.41. The Bertz CT molecular complexity index is 1190. The molecule has 3 atom stereocenters. The fourth-order valence-electron chi connectivity index (χ4n) is 5.14. The van der Waals surface area contributed by atoms with E-state index in [0.29, 0.717) is 18.4 Å². The van der Waals surface area contributed by atoms with Crippen LogP contribution >= 0.6 is 0 Å². The molecule has 202 valence electrons. The molecule has 10 heteroatoms. The third kappa shape index (κ3) is 5.79. The van der Waals surface area contributed by atoms with Gasteiger partial charge in [-0.2, -0.15) is 4.31 Å². The maximum Gasteiger partial charge on any atom is 0.222 e. The molecule has 2 N–H and O–H groups in total. The quantitative estimate of drug-likeness (QED) is 0.475. The Kier molecular flexibility index (Phi) is 8.77. The van der Waals surface area contributed by atoms with E-state index in [-0.39, 0.29) is 50.3 Å². The van der Waals surface area contributed by atoms with E-state index in [9.17, 15) is 13.5 Å². The number of aliphatic hydroxyl groups is 2. The molecule has 1 unspecified atom stereocenters. The van der Waals surface area contributed by atoms with Gasteiger partial charge in [0.05, 0.1) is 13.2 Å². The first kappa shape index (κ1) is 27.8. The van der Waals surface area contributed by atoms with Crippen molar-refractivity contribution in [3.8, 4) is 0 Å². The topological polar surface area (TPSA) is 96.3 Å². The van der Waals surface area contributed by atoms with Crippen molar-refractivity contribution < 1.29 is 36.9 Å². The maximum absolute atomic E-state index is 15.5. The summed E-state index contributed by atoms with van der Waals surface area (Å²) in [6, 6.07) is 10.4. The van der Waals surface area contributed by atoms with Gasteiger partial charge in [-0.05, 0) is 30.5 Å². The van der Waals surface area contributed by atoms with Crippen molar-refractivity contribution in [3.05, 3.63) is 83.4 Å². The average molecular weight is 538 g/mol.